The van der Waals surface area contributed by atoms with E-state index >= 15 is 0 Å². The average molecular weight is 305 g/mol. The number of nitrogens with two attached hydrogens (primary N) is 1. The maximum Gasteiger partial charge on any atom is 0.322 e. The van der Waals surface area contributed by atoms with Crippen molar-refractivity contribution in [2.24, 2.45) is 0 Å². The fourth-order valence-electron chi connectivity index (χ4n) is 2.09. The Hall–Kier alpha value is -1.31. The lowest BCUT2D eigenvalue weighted by Gasteiger charge is -2.21. The first-order valence-electron chi connectivity index (χ1n) is 5.63. The summed E-state index contributed by atoms with van der Waals surface area (Å²) in [6.45, 7) is 0.196. The number of aliphatic carboxylic acids is 1. The van der Waals surface area contributed by atoms with E-state index in [4.69, 9.17) is 22.4 Å². The Labute approximate surface area is 115 Å². The fraction of sp³-hybridized carbons (Fsp3) is 0.364. The molecule has 6 nitrogen and oxygen atoms in total. The number of carboxylic acids is 1. The topological polar surface area (TPSA) is 101 Å². The first kappa shape index (κ1) is 14.1. The third-order valence-electron chi connectivity index (χ3n) is 3.06. The van der Waals surface area contributed by atoms with Crippen LogP contribution in [0.15, 0.2) is 23.1 Å². The number of anilines is 1. The molecular weight excluding hydrogens is 292 g/mol. The maximum atomic E-state index is 12.4. The monoisotopic (exact) mass is 304 g/mol. The van der Waals surface area contributed by atoms with Crippen LogP contribution in [0.4, 0.5) is 5.69 Å². The zero-order chi connectivity index (χ0) is 14.2. The first-order valence-corrected chi connectivity index (χ1v) is 7.45. The molecule has 8 heteroatoms. The molecule has 1 aromatic rings. The molecule has 104 valence electrons. The molecule has 1 aliphatic heterocycles. The summed E-state index contributed by atoms with van der Waals surface area (Å²) in [5.74, 6) is -1.14. The number of sulfonamides is 1. The molecule has 0 unspecified atom stereocenters. The lowest BCUT2D eigenvalue weighted by atomic mass is 10.2. The maximum absolute atomic E-state index is 12.4. The van der Waals surface area contributed by atoms with Crippen LogP contribution in [0, 0.1) is 0 Å². The molecule has 1 atom stereocenters. The highest BCUT2D eigenvalue weighted by Crippen LogP contribution is 2.29. The SMILES string of the molecule is Nc1cc(S(=O)(=O)N2CCC[C@@H]2C(=O)O)ccc1Cl. The van der Waals surface area contributed by atoms with Gasteiger partial charge in [-0.2, -0.15) is 4.31 Å². The summed E-state index contributed by atoms with van der Waals surface area (Å²) in [5, 5.41) is 9.30. The van der Waals surface area contributed by atoms with Crippen molar-refractivity contribution in [3.8, 4) is 0 Å². The molecule has 2 rings (SSSR count). The van der Waals surface area contributed by atoms with E-state index in [0.29, 0.717) is 12.8 Å². The van der Waals surface area contributed by atoms with E-state index in [9.17, 15) is 13.2 Å². The summed E-state index contributed by atoms with van der Waals surface area (Å²) in [7, 11) is -3.86. The molecule has 19 heavy (non-hydrogen) atoms. The zero-order valence-electron chi connectivity index (χ0n) is 9.91. The predicted octanol–water partition coefficient (Wildman–Crippen LogP) is 1.16. The first-order chi connectivity index (χ1) is 8.84. The molecule has 0 bridgehead atoms. The zero-order valence-corrected chi connectivity index (χ0v) is 11.5. The second-order valence-corrected chi connectivity index (χ2v) is 6.59. The molecular formula is C11H13ClN2O4S. The van der Waals surface area contributed by atoms with Crippen LogP contribution < -0.4 is 5.73 Å². The molecule has 0 spiro atoms. The van der Waals surface area contributed by atoms with Gasteiger partial charge >= 0.3 is 5.97 Å². The minimum atomic E-state index is -3.86. The number of benzene rings is 1. The van der Waals surface area contributed by atoms with Crippen molar-refractivity contribution in [2.45, 2.75) is 23.8 Å². The summed E-state index contributed by atoms with van der Waals surface area (Å²) >= 11 is 5.74. The van der Waals surface area contributed by atoms with Crippen LogP contribution in [0.5, 0.6) is 0 Å². The molecule has 0 saturated carbocycles. The average Bonchev–Trinajstić information content (AvgIpc) is 2.82. The highest BCUT2D eigenvalue weighted by molar-refractivity contribution is 7.89. The van der Waals surface area contributed by atoms with Gasteiger partial charge in [0.2, 0.25) is 10.0 Å². The normalized spacial score (nSPS) is 20.6. The van der Waals surface area contributed by atoms with E-state index in [1.54, 1.807) is 0 Å². The molecule has 3 N–H and O–H groups in total. The van der Waals surface area contributed by atoms with Crippen LogP contribution in [-0.2, 0) is 14.8 Å². The quantitative estimate of drug-likeness (QED) is 0.816. The Morgan fingerprint density at radius 1 is 1.47 bits per heavy atom. The van der Waals surface area contributed by atoms with Crippen LogP contribution in [0.1, 0.15) is 12.8 Å². The van der Waals surface area contributed by atoms with Gasteiger partial charge in [-0.05, 0) is 31.0 Å². The lowest BCUT2D eigenvalue weighted by Crippen LogP contribution is -2.40. The van der Waals surface area contributed by atoms with Crippen LogP contribution in [-0.4, -0.2) is 36.4 Å². The van der Waals surface area contributed by atoms with Crippen LogP contribution in [0.25, 0.3) is 0 Å². The third-order valence-corrected chi connectivity index (χ3v) is 5.31. The van der Waals surface area contributed by atoms with E-state index in [-0.39, 0.29) is 22.2 Å². The van der Waals surface area contributed by atoms with Crippen molar-refractivity contribution in [2.75, 3.05) is 12.3 Å². The molecule has 0 aliphatic carbocycles. The molecule has 0 aromatic heterocycles. The van der Waals surface area contributed by atoms with Crippen molar-refractivity contribution in [1.29, 1.82) is 0 Å². The van der Waals surface area contributed by atoms with E-state index < -0.39 is 22.0 Å². The van der Waals surface area contributed by atoms with Gasteiger partial charge < -0.3 is 10.8 Å². The standard InChI is InChI=1S/C11H13ClN2O4S/c12-8-4-3-7(6-9(8)13)19(17,18)14-5-1-2-10(14)11(15)16/h3-4,6,10H,1-2,5,13H2,(H,15,16)/t10-/m1/s1. The molecule has 1 fully saturated rings. The summed E-state index contributed by atoms with van der Waals surface area (Å²) in [4.78, 5) is 11.0. The van der Waals surface area contributed by atoms with Gasteiger partial charge in [0.05, 0.1) is 15.6 Å². The number of hydrogen-bond donors (Lipinski definition) is 2. The Morgan fingerprint density at radius 2 is 2.16 bits per heavy atom. The predicted molar refractivity (Wildman–Crippen MR) is 70.4 cm³/mol. The van der Waals surface area contributed by atoms with Gasteiger partial charge in [-0.15, -0.1) is 0 Å². The number of nitrogens with zero attached hydrogens (tertiary/aromatic N) is 1. The van der Waals surface area contributed by atoms with Gasteiger partial charge in [0.1, 0.15) is 6.04 Å². The number of rotatable bonds is 3. The molecule has 1 aliphatic rings. The van der Waals surface area contributed by atoms with Gasteiger partial charge in [0, 0.05) is 6.54 Å². The number of carboxylic acid groups (broad SMARTS) is 1. The van der Waals surface area contributed by atoms with Crippen LogP contribution in [0.3, 0.4) is 0 Å². The number of hydrogen-bond acceptors (Lipinski definition) is 4. The second-order valence-electron chi connectivity index (χ2n) is 4.30. The molecule has 0 radical (unpaired) electrons. The summed E-state index contributed by atoms with van der Waals surface area (Å²) in [6.07, 6.45) is 0.844. The van der Waals surface area contributed by atoms with E-state index in [1.807, 2.05) is 0 Å². The largest absolute Gasteiger partial charge is 0.480 e. The second kappa shape index (κ2) is 4.99. The van der Waals surface area contributed by atoms with Gasteiger partial charge in [0.15, 0.2) is 0 Å². The molecule has 1 heterocycles. The van der Waals surface area contributed by atoms with Gasteiger partial charge in [0.25, 0.3) is 0 Å². The lowest BCUT2D eigenvalue weighted by molar-refractivity contribution is -0.140. The van der Waals surface area contributed by atoms with Gasteiger partial charge in [-0.25, -0.2) is 8.42 Å². The van der Waals surface area contributed by atoms with Crippen LogP contribution >= 0.6 is 11.6 Å². The molecule has 0 amide bonds. The Bertz CT molecular complexity index is 617. The minimum Gasteiger partial charge on any atom is -0.480 e. The Morgan fingerprint density at radius 3 is 2.74 bits per heavy atom. The van der Waals surface area contributed by atoms with E-state index in [0.717, 1.165) is 4.31 Å². The van der Waals surface area contributed by atoms with Crippen molar-refractivity contribution in [3.63, 3.8) is 0 Å². The van der Waals surface area contributed by atoms with Crippen molar-refractivity contribution < 1.29 is 18.3 Å². The van der Waals surface area contributed by atoms with Crippen molar-refractivity contribution in [3.05, 3.63) is 23.2 Å². The summed E-state index contributed by atoms with van der Waals surface area (Å²) in [5.41, 5.74) is 5.73. The minimum absolute atomic E-state index is 0.0393. The Kier molecular flexibility index (Phi) is 3.71. The van der Waals surface area contributed by atoms with E-state index in [1.165, 1.54) is 18.2 Å². The van der Waals surface area contributed by atoms with Gasteiger partial charge in [-0.1, -0.05) is 11.6 Å². The summed E-state index contributed by atoms with van der Waals surface area (Å²) in [6, 6.07) is 2.94. The van der Waals surface area contributed by atoms with E-state index in [2.05, 4.69) is 0 Å². The third kappa shape index (κ3) is 2.54. The van der Waals surface area contributed by atoms with Crippen molar-refractivity contribution >= 4 is 33.3 Å². The van der Waals surface area contributed by atoms with Gasteiger partial charge in [-0.3, -0.25) is 4.79 Å². The number of nitrogen functional groups attached to an aromatic ring is 1. The molecule has 1 aromatic carbocycles. The number of carbonyl (C=O) groups is 1. The number of halogens is 1. The fourth-order valence-corrected chi connectivity index (χ4v) is 3.90. The highest BCUT2D eigenvalue weighted by atomic mass is 35.5. The van der Waals surface area contributed by atoms with Crippen LogP contribution in [0.2, 0.25) is 5.02 Å². The smallest absolute Gasteiger partial charge is 0.322 e. The summed E-state index contributed by atoms with van der Waals surface area (Å²) < 4.78 is 25.8. The van der Waals surface area contributed by atoms with Crippen molar-refractivity contribution in [1.82, 2.24) is 4.31 Å². The highest BCUT2D eigenvalue weighted by Gasteiger charge is 2.39. The Balaban J connectivity index is 2.42. The molecule has 1 saturated heterocycles.